The van der Waals surface area contributed by atoms with Crippen LogP contribution in [-0.2, 0) is 18.6 Å². The van der Waals surface area contributed by atoms with Gasteiger partial charge in [-0.1, -0.05) is 0 Å². The summed E-state index contributed by atoms with van der Waals surface area (Å²) in [5, 5.41) is 29.9. The van der Waals surface area contributed by atoms with E-state index < -0.39 is 29.6 Å². The highest BCUT2D eigenvalue weighted by Crippen LogP contribution is 1.72. The molecule has 4 atom stereocenters. The fourth-order valence-electron chi connectivity index (χ4n) is 0. The van der Waals surface area contributed by atoms with Gasteiger partial charge in [0.1, 0.15) is 0 Å². The molecule has 24 heavy (non-hydrogen) atoms. The Hall–Kier alpha value is 1.38. The first kappa shape index (κ1) is 49.9. The van der Waals surface area contributed by atoms with Gasteiger partial charge in [0.15, 0.2) is 0 Å². The van der Waals surface area contributed by atoms with Crippen molar-refractivity contribution in [2.24, 2.45) is 0 Å². The molecule has 4 unspecified atom stereocenters. The summed E-state index contributed by atoms with van der Waals surface area (Å²) in [5.74, 6) is 0. The average molecular weight is 447 g/mol. The highest BCUT2D eigenvalue weighted by molar-refractivity contribution is 6.92. The van der Waals surface area contributed by atoms with Crippen LogP contribution in [0.4, 0.5) is 17.3 Å². The molecule has 0 spiro atoms. The number of rotatable bonds is 4. The first-order valence-corrected chi connectivity index (χ1v) is 4.48. The standard InChI is InChI=1S/4CH4BFO2.4H3P/c4*1-5-2(3)4;;;;/h4*4H,1H3;4*1H3. The van der Waals surface area contributed by atoms with Gasteiger partial charge in [0.05, 0.1) is 0 Å². The fraction of sp³-hybridized carbons (Fsp3) is 1.00. The van der Waals surface area contributed by atoms with Crippen LogP contribution >= 0.6 is 39.6 Å². The summed E-state index contributed by atoms with van der Waals surface area (Å²) in [6, 6.07) is 0. The van der Waals surface area contributed by atoms with Crippen LogP contribution < -0.4 is 0 Å². The van der Waals surface area contributed by atoms with Gasteiger partial charge < -0.3 is 38.7 Å². The fourth-order valence-corrected chi connectivity index (χ4v) is 0. The molecule has 0 aliphatic heterocycles. The van der Waals surface area contributed by atoms with E-state index in [9.17, 15) is 17.3 Å². The average Bonchev–Trinajstić information content (AvgIpc) is 2.40. The van der Waals surface area contributed by atoms with Gasteiger partial charge in [-0.05, 0) is 0 Å². The first-order chi connectivity index (χ1) is 9.08. The molecule has 0 aromatic carbocycles. The maximum Gasteiger partial charge on any atom is 0.677 e. The van der Waals surface area contributed by atoms with Crippen molar-refractivity contribution in [2.45, 2.75) is 0 Å². The van der Waals surface area contributed by atoms with E-state index in [4.69, 9.17) is 20.1 Å². The molecule has 0 saturated heterocycles. The van der Waals surface area contributed by atoms with Crippen molar-refractivity contribution in [3.8, 4) is 0 Å². The largest absolute Gasteiger partial charge is 0.677 e. The molecule has 0 heterocycles. The topological polar surface area (TPSA) is 118 Å². The van der Waals surface area contributed by atoms with E-state index in [-0.39, 0.29) is 39.6 Å². The Morgan fingerprint density at radius 2 is 0.500 bits per heavy atom. The molecule has 0 aliphatic rings. The lowest BCUT2D eigenvalue weighted by Gasteiger charge is -1.81. The van der Waals surface area contributed by atoms with E-state index in [2.05, 4.69) is 18.6 Å². The van der Waals surface area contributed by atoms with Crippen LogP contribution in [0, 0.1) is 0 Å². The van der Waals surface area contributed by atoms with Gasteiger partial charge in [0.25, 0.3) is 0 Å². The molecule has 0 amide bonds. The van der Waals surface area contributed by atoms with Crippen molar-refractivity contribution in [2.75, 3.05) is 28.4 Å². The lowest BCUT2D eigenvalue weighted by Crippen LogP contribution is -2.05. The molecule has 20 heteroatoms. The zero-order valence-electron chi connectivity index (χ0n) is 14.1. The van der Waals surface area contributed by atoms with Gasteiger partial charge in [-0.2, -0.15) is 39.6 Å². The third kappa shape index (κ3) is 133. The van der Waals surface area contributed by atoms with Crippen LogP contribution in [0.5, 0.6) is 0 Å². The van der Waals surface area contributed by atoms with Crippen molar-refractivity contribution >= 4 is 69.2 Å². The Labute approximate surface area is 154 Å². The van der Waals surface area contributed by atoms with Crippen LogP contribution in [0.2, 0.25) is 0 Å². The van der Waals surface area contributed by atoms with Crippen molar-refractivity contribution in [1.29, 1.82) is 0 Å². The van der Waals surface area contributed by atoms with E-state index in [1.807, 2.05) is 0 Å². The number of halogens is 4. The summed E-state index contributed by atoms with van der Waals surface area (Å²) in [6.45, 7) is 0. The first-order valence-electron chi connectivity index (χ1n) is 4.48. The predicted molar refractivity (Wildman–Crippen MR) is 109 cm³/mol. The second kappa shape index (κ2) is 44.1. The van der Waals surface area contributed by atoms with Gasteiger partial charge in [-0.3, -0.25) is 17.3 Å². The van der Waals surface area contributed by atoms with Crippen molar-refractivity contribution in [3.05, 3.63) is 0 Å². The molecule has 4 N–H and O–H groups in total. The minimum Gasteiger partial charge on any atom is -0.398 e. The van der Waals surface area contributed by atoms with Crippen LogP contribution in [0.3, 0.4) is 0 Å². The smallest absolute Gasteiger partial charge is 0.398 e. The molecule has 0 aromatic heterocycles. The predicted octanol–water partition coefficient (Wildman–Crippen LogP) is -1.45. The van der Waals surface area contributed by atoms with Crippen LogP contribution in [0.25, 0.3) is 0 Å². The Balaban J connectivity index is -0.0000000225. The third-order valence-electron chi connectivity index (χ3n) is 0.778. The second-order valence-electron chi connectivity index (χ2n) is 2.11. The van der Waals surface area contributed by atoms with E-state index in [0.717, 1.165) is 28.4 Å². The molecule has 0 aromatic rings. The van der Waals surface area contributed by atoms with Crippen LogP contribution in [0.1, 0.15) is 0 Å². The number of hydrogen-bond donors (Lipinski definition) is 4. The minimum atomic E-state index is -2.12. The Kier molecular flexibility index (Phi) is 91.8. The van der Waals surface area contributed by atoms with Gasteiger partial charge in [0.2, 0.25) is 0 Å². The van der Waals surface area contributed by atoms with Gasteiger partial charge in [-0.25, -0.2) is 0 Å². The molecule has 0 saturated carbocycles. The molecule has 8 nitrogen and oxygen atoms in total. The molecular weight excluding hydrogens is 419 g/mol. The van der Waals surface area contributed by atoms with E-state index in [1.165, 1.54) is 0 Å². The second-order valence-corrected chi connectivity index (χ2v) is 2.11. The highest BCUT2D eigenvalue weighted by Gasteiger charge is 2.05. The van der Waals surface area contributed by atoms with Crippen molar-refractivity contribution in [3.63, 3.8) is 0 Å². The lowest BCUT2D eigenvalue weighted by molar-refractivity contribution is 0.275. The monoisotopic (exact) mass is 448 g/mol. The maximum atomic E-state index is 10.8. The molecule has 0 aliphatic carbocycles. The quantitative estimate of drug-likeness (QED) is 0.235. The summed E-state index contributed by atoms with van der Waals surface area (Å²) in [6.07, 6.45) is 0. The molecular formula is C4H28B4F4O8P4. The molecule has 0 bridgehead atoms. The Morgan fingerprint density at radius 1 is 0.458 bits per heavy atom. The van der Waals surface area contributed by atoms with Crippen LogP contribution in [-0.4, -0.2) is 78.1 Å². The SMILES string of the molecule is COB(O)F.COB(O)F.COB(O)F.COB(O)F.P.P.P.P. The van der Waals surface area contributed by atoms with Gasteiger partial charge in [0, 0.05) is 28.4 Å². The van der Waals surface area contributed by atoms with Gasteiger partial charge >= 0.3 is 29.6 Å². The third-order valence-corrected chi connectivity index (χ3v) is 0.778. The van der Waals surface area contributed by atoms with Crippen molar-refractivity contribution in [1.82, 2.24) is 0 Å². The van der Waals surface area contributed by atoms with Crippen LogP contribution in [0.15, 0.2) is 0 Å². The van der Waals surface area contributed by atoms with E-state index >= 15 is 0 Å². The van der Waals surface area contributed by atoms with Gasteiger partial charge in [-0.15, -0.1) is 0 Å². The maximum absolute atomic E-state index is 10.8. The Morgan fingerprint density at radius 3 is 0.500 bits per heavy atom. The normalized spacial score (nSPS) is 6.50. The molecule has 0 fully saturated rings. The Bertz CT molecular complexity index is 142. The highest BCUT2D eigenvalue weighted by atomic mass is 31.0. The number of hydrogen-bond acceptors (Lipinski definition) is 8. The van der Waals surface area contributed by atoms with E-state index in [1.54, 1.807) is 0 Å². The molecule has 0 radical (unpaired) electrons. The summed E-state index contributed by atoms with van der Waals surface area (Å²) in [4.78, 5) is 0. The lowest BCUT2D eigenvalue weighted by atomic mass is 10.3. The molecule has 0 rings (SSSR count). The zero-order valence-corrected chi connectivity index (χ0v) is 19.7. The summed E-state index contributed by atoms with van der Waals surface area (Å²) in [5.41, 5.74) is 0. The summed E-state index contributed by atoms with van der Waals surface area (Å²) in [7, 11) is -4.17. The molecule has 152 valence electrons. The zero-order chi connectivity index (χ0) is 17.1. The summed E-state index contributed by atoms with van der Waals surface area (Å²) < 4.78 is 57.6. The minimum absolute atomic E-state index is 0. The van der Waals surface area contributed by atoms with E-state index in [0.29, 0.717) is 0 Å². The summed E-state index contributed by atoms with van der Waals surface area (Å²) >= 11 is 0. The van der Waals surface area contributed by atoms with Crippen molar-refractivity contribution < 1.29 is 56.0 Å².